The number of amides is 1. The minimum Gasteiger partial charge on any atom is -0.464 e. The minimum atomic E-state index is -4.60. The van der Waals surface area contributed by atoms with Gasteiger partial charge in [-0.15, -0.1) is 0 Å². The van der Waals surface area contributed by atoms with E-state index in [1.54, 1.807) is 6.07 Å². The van der Waals surface area contributed by atoms with E-state index in [9.17, 15) is 18.0 Å². The maximum Gasteiger partial charge on any atom is 0.418 e. The topological polar surface area (TPSA) is 54.7 Å². The number of ether oxygens (including phenoxy) is 1. The Hall–Kier alpha value is -3.00. The summed E-state index contributed by atoms with van der Waals surface area (Å²) in [6, 6.07) is 7.93. The number of morpholine rings is 1. The highest BCUT2D eigenvalue weighted by molar-refractivity contribution is 5.96. The third-order valence-electron chi connectivity index (χ3n) is 5.97. The molecule has 1 aliphatic rings. The average Bonchev–Trinajstić information content (AvgIpc) is 3.14. The van der Waals surface area contributed by atoms with Crippen molar-refractivity contribution in [2.45, 2.75) is 39.3 Å². The number of hydrogen-bond acceptors (Lipinski definition) is 4. The molecule has 0 saturated carbocycles. The molecule has 0 spiro atoms. The van der Waals surface area contributed by atoms with Crippen LogP contribution in [-0.4, -0.2) is 32.2 Å². The first kappa shape index (κ1) is 23.2. The molecule has 0 aliphatic carbocycles. The molecule has 1 saturated heterocycles. The summed E-state index contributed by atoms with van der Waals surface area (Å²) in [4.78, 5) is 14.6. The number of furan rings is 1. The van der Waals surface area contributed by atoms with Gasteiger partial charge in [0.15, 0.2) is 0 Å². The molecular formula is C25H27F3N2O3. The summed E-state index contributed by atoms with van der Waals surface area (Å²) in [7, 11) is 0. The number of hydrogen-bond donors (Lipinski definition) is 1. The van der Waals surface area contributed by atoms with Gasteiger partial charge in [-0.2, -0.15) is 13.2 Å². The second kappa shape index (κ2) is 9.09. The van der Waals surface area contributed by atoms with Crippen LogP contribution < -0.4 is 10.2 Å². The third-order valence-corrected chi connectivity index (χ3v) is 5.97. The van der Waals surface area contributed by atoms with Gasteiger partial charge in [0.05, 0.1) is 37.1 Å². The van der Waals surface area contributed by atoms with Crippen LogP contribution in [0, 0.1) is 6.92 Å². The smallest absolute Gasteiger partial charge is 0.418 e. The Morgan fingerprint density at radius 3 is 2.55 bits per heavy atom. The number of anilines is 2. The van der Waals surface area contributed by atoms with Crippen LogP contribution in [0.3, 0.4) is 0 Å². The highest BCUT2D eigenvalue weighted by Crippen LogP contribution is 2.38. The van der Waals surface area contributed by atoms with Gasteiger partial charge in [-0.1, -0.05) is 13.8 Å². The first-order valence-corrected chi connectivity index (χ1v) is 11.0. The molecule has 1 amide bonds. The Morgan fingerprint density at radius 1 is 1.15 bits per heavy atom. The lowest BCUT2D eigenvalue weighted by atomic mass is 9.95. The SMILES string of the molecule is Cc1cc2occ(CC(=O)Nc3ccc(N4CCOCC4)cc3C(F)(F)F)c2cc1C(C)C. The molecule has 1 aromatic heterocycles. The summed E-state index contributed by atoms with van der Waals surface area (Å²) in [5.74, 6) is -0.237. The summed E-state index contributed by atoms with van der Waals surface area (Å²) in [5.41, 5.74) is 2.88. The second-order valence-electron chi connectivity index (χ2n) is 8.67. The van der Waals surface area contributed by atoms with Crippen molar-refractivity contribution in [3.05, 3.63) is 58.8 Å². The number of halogens is 3. The van der Waals surface area contributed by atoms with E-state index >= 15 is 0 Å². The Labute approximate surface area is 190 Å². The normalized spacial score (nSPS) is 14.8. The first-order valence-electron chi connectivity index (χ1n) is 11.0. The number of carbonyl (C=O) groups excluding carboxylic acids is 1. The van der Waals surface area contributed by atoms with Gasteiger partial charge in [0.1, 0.15) is 5.58 Å². The lowest BCUT2D eigenvalue weighted by molar-refractivity contribution is -0.136. The first-order chi connectivity index (χ1) is 15.6. The summed E-state index contributed by atoms with van der Waals surface area (Å²) in [5, 5.41) is 3.26. The van der Waals surface area contributed by atoms with E-state index in [0.29, 0.717) is 49.1 Å². The molecule has 1 fully saturated rings. The summed E-state index contributed by atoms with van der Waals surface area (Å²) >= 11 is 0. The summed E-state index contributed by atoms with van der Waals surface area (Å²) in [6.45, 7) is 8.15. The number of benzene rings is 2. The van der Waals surface area contributed by atoms with Gasteiger partial charge < -0.3 is 19.4 Å². The molecule has 4 rings (SSSR count). The van der Waals surface area contributed by atoms with Crippen molar-refractivity contribution in [2.24, 2.45) is 0 Å². The van der Waals surface area contributed by atoms with Gasteiger partial charge in [0.25, 0.3) is 0 Å². The molecule has 1 N–H and O–H groups in total. The lowest BCUT2D eigenvalue weighted by Gasteiger charge is -2.29. The van der Waals surface area contributed by atoms with E-state index in [2.05, 4.69) is 19.2 Å². The fourth-order valence-corrected chi connectivity index (χ4v) is 4.27. The standard InChI is InChI=1S/C25H27F3N2O3/c1-15(2)19-13-20-17(14-33-23(20)10-16(19)3)11-24(31)29-22-5-4-18(12-21(22)25(26,27)28)30-6-8-32-9-7-30/h4-5,10,12-15H,6-9,11H2,1-3H3,(H,29,31). The van der Waals surface area contributed by atoms with Crippen molar-refractivity contribution < 1.29 is 27.1 Å². The number of aryl methyl sites for hydroxylation is 1. The third kappa shape index (κ3) is 5.00. The van der Waals surface area contributed by atoms with E-state index in [4.69, 9.17) is 9.15 Å². The summed E-state index contributed by atoms with van der Waals surface area (Å²) < 4.78 is 52.2. The van der Waals surface area contributed by atoms with Gasteiger partial charge in [0, 0.05) is 29.7 Å². The lowest BCUT2D eigenvalue weighted by Crippen LogP contribution is -2.36. The molecule has 8 heteroatoms. The van der Waals surface area contributed by atoms with E-state index in [-0.39, 0.29) is 12.1 Å². The second-order valence-corrected chi connectivity index (χ2v) is 8.67. The maximum absolute atomic E-state index is 13.8. The van der Waals surface area contributed by atoms with Crippen LogP contribution in [0.4, 0.5) is 24.5 Å². The summed E-state index contributed by atoms with van der Waals surface area (Å²) in [6.07, 6.45) is -3.19. The van der Waals surface area contributed by atoms with Crippen molar-refractivity contribution >= 4 is 28.3 Å². The predicted octanol–water partition coefficient (Wildman–Crippen LogP) is 5.90. The number of nitrogens with one attached hydrogen (secondary N) is 1. The van der Waals surface area contributed by atoms with Crippen molar-refractivity contribution in [1.82, 2.24) is 0 Å². The molecule has 3 aromatic rings. The monoisotopic (exact) mass is 460 g/mol. The van der Waals surface area contributed by atoms with E-state index in [1.807, 2.05) is 24.0 Å². The molecule has 2 aromatic carbocycles. The molecule has 5 nitrogen and oxygen atoms in total. The predicted molar refractivity (Wildman–Crippen MR) is 122 cm³/mol. The number of carbonyl (C=O) groups is 1. The molecule has 33 heavy (non-hydrogen) atoms. The van der Waals surface area contributed by atoms with Crippen molar-refractivity contribution in [1.29, 1.82) is 0 Å². The number of rotatable bonds is 5. The average molecular weight is 460 g/mol. The van der Waals surface area contributed by atoms with Crippen molar-refractivity contribution in [3.8, 4) is 0 Å². The maximum atomic E-state index is 13.8. The number of nitrogens with zero attached hydrogens (tertiary/aromatic N) is 1. The molecule has 176 valence electrons. The Balaban J connectivity index is 1.57. The molecule has 0 atom stereocenters. The van der Waals surface area contributed by atoms with E-state index in [1.165, 1.54) is 12.3 Å². The Bertz CT molecular complexity index is 1160. The Morgan fingerprint density at radius 2 is 1.88 bits per heavy atom. The molecule has 0 bridgehead atoms. The fraction of sp³-hybridized carbons (Fsp3) is 0.400. The van der Waals surface area contributed by atoms with Crippen LogP contribution in [0.5, 0.6) is 0 Å². The van der Waals surface area contributed by atoms with Gasteiger partial charge >= 0.3 is 6.18 Å². The van der Waals surface area contributed by atoms with Crippen LogP contribution in [-0.2, 0) is 22.1 Å². The van der Waals surface area contributed by atoms with Gasteiger partial charge in [-0.25, -0.2) is 0 Å². The Kier molecular flexibility index (Phi) is 6.38. The van der Waals surface area contributed by atoms with Crippen LogP contribution in [0.1, 0.15) is 42.0 Å². The van der Waals surface area contributed by atoms with Crippen LogP contribution in [0.15, 0.2) is 41.0 Å². The highest BCUT2D eigenvalue weighted by Gasteiger charge is 2.35. The number of fused-ring (bicyclic) bond motifs is 1. The zero-order valence-corrected chi connectivity index (χ0v) is 18.9. The van der Waals surface area contributed by atoms with Crippen LogP contribution in [0.2, 0.25) is 0 Å². The van der Waals surface area contributed by atoms with E-state index in [0.717, 1.165) is 22.6 Å². The van der Waals surface area contributed by atoms with Crippen LogP contribution >= 0.6 is 0 Å². The molecule has 2 heterocycles. The van der Waals surface area contributed by atoms with Gasteiger partial charge in [0.2, 0.25) is 5.91 Å². The largest absolute Gasteiger partial charge is 0.464 e. The molecular weight excluding hydrogens is 433 g/mol. The molecule has 1 aliphatic heterocycles. The molecule has 0 unspecified atom stereocenters. The van der Waals surface area contributed by atoms with Crippen molar-refractivity contribution in [2.75, 3.05) is 36.5 Å². The van der Waals surface area contributed by atoms with Gasteiger partial charge in [-0.3, -0.25) is 4.79 Å². The quantitative estimate of drug-likeness (QED) is 0.515. The fourth-order valence-electron chi connectivity index (χ4n) is 4.27. The van der Waals surface area contributed by atoms with Crippen molar-refractivity contribution in [3.63, 3.8) is 0 Å². The van der Waals surface area contributed by atoms with Gasteiger partial charge in [-0.05, 0) is 54.3 Å². The highest BCUT2D eigenvalue weighted by atomic mass is 19.4. The minimum absolute atomic E-state index is 0.0872. The zero-order chi connectivity index (χ0) is 23.8. The number of alkyl halides is 3. The molecule has 0 radical (unpaired) electrons. The van der Waals surface area contributed by atoms with E-state index < -0.39 is 17.6 Å². The van der Waals surface area contributed by atoms with Crippen LogP contribution in [0.25, 0.3) is 11.0 Å². The zero-order valence-electron chi connectivity index (χ0n) is 18.9.